The van der Waals surface area contributed by atoms with Crippen LogP contribution in [0.5, 0.6) is 0 Å². The zero-order valence-electron chi connectivity index (χ0n) is 6.45. The lowest BCUT2D eigenvalue weighted by Crippen LogP contribution is -2.18. The largest absolute Gasteiger partial charge is 0.356 e. The molecule has 1 aromatic rings. The summed E-state index contributed by atoms with van der Waals surface area (Å²) in [6.45, 7) is 2.29. The van der Waals surface area contributed by atoms with Crippen molar-refractivity contribution in [2.75, 3.05) is 18.0 Å². The summed E-state index contributed by atoms with van der Waals surface area (Å²) >= 11 is 0. The minimum Gasteiger partial charge on any atom is -0.356 e. The van der Waals surface area contributed by atoms with Gasteiger partial charge in [-0.25, -0.2) is 4.98 Å². The van der Waals surface area contributed by atoms with Crippen molar-refractivity contribution in [2.24, 2.45) is 0 Å². The average Bonchev–Trinajstić information content (AvgIpc) is 2.58. The first-order chi connectivity index (χ1) is 5.47. The third-order valence-electron chi connectivity index (χ3n) is 2.00. The Bertz CT molecular complexity index is 214. The van der Waals surface area contributed by atoms with Crippen molar-refractivity contribution in [3.8, 4) is 0 Å². The van der Waals surface area contributed by atoms with E-state index in [9.17, 15) is 0 Å². The molecule has 0 amide bonds. The van der Waals surface area contributed by atoms with E-state index in [1.54, 1.807) is 0 Å². The van der Waals surface area contributed by atoms with Gasteiger partial charge in [0.15, 0.2) is 0 Å². The highest BCUT2D eigenvalue weighted by molar-refractivity contribution is 5.36. The summed E-state index contributed by atoms with van der Waals surface area (Å²) in [4.78, 5) is 6.51. The van der Waals surface area contributed by atoms with Crippen molar-refractivity contribution in [1.82, 2.24) is 4.98 Å². The molecule has 57 valence electrons. The maximum Gasteiger partial charge on any atom is 0.136 e. The van der Waals surface area contributed by atoms with E-state index < -0.39 is 0 Å². The topological polar surface area (TPSA) is 16.1 Å². The van der Waals surface area contributed by atoms with Crippen LogP contribution in [0.1, 0.15) is 12.8 Å². The fourth-order valence-electron chi connectivity index (χ4n) is 1.42. The van der Waals surface area contributed by atoms with Gasteiger partial charge in [0, 0.05) is 25.4 Å². The van der Waals surface area contributed by atoms with Crippen LogP contribution in [-0.2, 0) is 0 Å². The smallest absolute Gasteiger partial charge is 0.136 e. The van der Waals surface area contributed by atoms with Gasteiger partial charge in [0.1, 0.15) is 5.82 Å². The van der Waals surface area contributed by atoms with Crippen molar-refractivity contribution >= 4 is 5.82 Å². The lowest BCUT2D eigenvalue weighted by atomic mass is 10.4. The second kappa shape index (κ2) is 2.91. The summed E-state index contributed by atoms with van der Waals surface area (Å²) < 4.78 is 0. The van der Waals surface area contributed by atoms with Crippen LogP contribution in [0.3, 0.4) is 0 Å². The lowest BCUT2D eigenvalue weighted by molar-refractivity contribution is 0.936. The Balaban J connectivity index is 2.16. The van der Waals surface area contributed by atoms with Gasteiger partial charge in [0.25, 0.3) is 0 Å². The molecule has 0 N–H and O–H groups in total. The summed E-state index contributed by atoms with van der Waals surface area (Å²) in [7, 11) is 0. The van der Waals surface area contributed by atoms with Gasteiger partial charge in [0.05, 0.1) is 0 Å². The summed E-state index contributed by atoms with van der Waals surface area (Å²) in [6.07, 6.45) is 4.42. The number of hydrogen-bond donors (Lipinski definition) is 0. The summed E-state index contributed by atoms with van der Waals surface area (Å²) in [5.74, 6) is 1.00. The van der Waals surface area contributed by atoms with Gasteiger partial charge in [-0.05, 0) is 25.0 Å². The molecule has 2 heteroatoms. The van der Waals surface area contributed by atoms with Crippen molar-refractivity contribution < 1.29 is 0 Å². The molecule has 1 aliphatic rings. The number of aromatic nitrogens is 1. The fourth-order valence-corrected chi connectivity index (χ4v) is 1.42. The van der Waals surface area contributed by atoms with Crippen LogP contribution in [-0.4, -0.2) is 18.1 Å². The standard InChI is InChI=1S/C9H11N2/c1-2-6-10-9(5-1)11-7-3-4-8-11/h1-2,6H,3-4,7-8H2. The van der Waals surface area contributed by atoms with E-state index in [1.807, 2.05) is 18.3 Å². The van der Waals surface area contributed by atoms with Gasteiger partial charge in [-0.2, -0.15) is 0 Å². The molecule has 2 heterocycles. The van der Waals surface area contributed by atoms with Crippen LogP contribution >= 0.6 is 0 Å². The Labute approximate surface area is 66.9 Å². The maximum atomic E-state index is 4.23. The number of rotatable bonds is 1. The minimum absolute atomic E-state index is 1.00. The summed E-state index contributed by atoms with van der Waals surface area (Å²) in [5.41, 5.74) is 0. The first-order valence-electron chi connectivity index (χ1n) is 4.04. The van der Waals surface area contributed by atoms with Crippen LogP contribution in [0.15, 0.2) is 18.3 Å². The van der Waals surface area contributed by atoms with E-state index in [0.29, 0.717) is 0 Å². The van der Waals surface area contributed by atoms with Crippen molar-refractivity contribution in [3.63, 3.8) is 0 Å². The van der Waals surface area contributed by atoms with Crippen LogP contribution in [0.2, 0.25) is 0 Å². The molecule has 1 aromatic heterocycles. The molecule has 2 nitrogen and oxygen atoms in total. The molecular formula is C9H11N2. The molecule has 1 fully saturated rings. The van der Waals surface area contributed by atoms with Gasteiger partial charge in [-0.1, -0.05) is 0 Å². The molecule has 0 bridgehead atoms. The van der Waals surface area contributed by atoms with Gasteiger partial charge in [-0.15, -0.1) is 0 Å². The van der Waals surface area contributed by atoms with Crippen molar-refractivity contribution in [1.29, 1.82) is 0 Å². The number of nitrogens with zero attached hydrogens (tertiary/aromatic N) is 2. The summed E-state index contributed by atoms with van der Waals surface area (Å²) in [5, 5.41) is 0. The van der Waals surface area contributed by atoms with Crippen LogP contribution < -0.4 is 4.90 Å². The van der Waals surface area contributed by atoms with Crippen molar-refractivity contribution in [3.05, 3.63) is 24.4 Å². The van der Waals surface area contributed by atoms with E-state index >= 15 is 0 Å². The monoisotopic (exact) mass is 147 g/mol. The predicted octanol–water partition coefficient (Wildman–Crippen LogP) is 1.48. The molecule has 0 aliphatic carbocycles. The second-order valence-corrected chi connectivity index (χ2v) is 2.80. The minimum atomic E-state index is 1.00. The van der Waals surface area contributed by atoms with Crippen LogP contribution in [0.25, 0.3) is 0 Å². The molecule has 0 spiro atoms. The van der Waals surface area contributed by atoms with Crippen molar-refractivity contribution in [2.45, 2.75) is 12.8 Å². The SMILES string of the molecule is [c]1cccnc1N1CCCC1. The Morgan fingerprint density at radius 2 is 2.18 bits per heavy atom. The van der Waals surface area contributed by atoms with E-state index in [2.05, 4.69) is 16.0 Å². The average molecular weight is 147 g/mol. The predicted molar refractivity (Wildman–Crippen MR) is 44.5 cm³/mol. The van der Waals surface area contributed by atoms with Gasteiger partial charge < -0.3 is 4.90 Å². The fraction of sp³-hybridized carbons (Fsp3) is 0.444. The van der Waals surface area contributed by atoms with Crippen LogP contribution in [0.4, 0.5) is 5.82 Å². The summed E-state index contributed by atoms with van der Waals surface area (Å²) in [6, 6.07) is 6.94. The molecule has 0 saturated carbocycles. The number of hydrogen-bond acceptors (Lipinski definition) is 2. The maximum absolute atomic E-state index is 4.23. The van der Waals surface area contributed by atoms with Gasteiger partial charge in [-0.3, -0.25) is 0 Å². The first-order valence-corrected chi connectivity index (χ1v) is 4.04. The van der Waals surface area contributed by atoms with Gasteiger partial charge in [0.2, 0.25) is 0 Å². The molecule has 1 aliphatic heterocycles. The zero-order valence-corrected chi connectivity index (χ0v) is 6.45. The molecule has 0 atom stereocenters. The zero-order chi connectivity index (χ0) is 7.52. The highest BCUT2D eigenvalue weighted by Crippen LogP contribution is 2.15. The van der Waals surface area contributed by atoms with Crippen LogP contribution in [0, 0.1) is 6.07 Å². The first kappa shape index (κ1) is 6.65. The Morgan fingerprint density at radius 3 is 2.82 bits per heavy atom. The normalized spacial score (nSPS) is 17.3. The molecule has 0 unspecified atom stereocenters. The van der Waals surface area contributed by atoms with E-state index in [-0.39, 0.29) is 0 Å². The lowest BCUT2D eigenvalue weighted by Gasteiger charge is -2.14. The highest BCUT2D eigenvalue weighted by Gasteiger charge is 2.12. The number of pyridine rings is 1. The van der Waals surface area contributed by atoms with E-state index in [0.717, 1.165) is 18.9 Å². The Kier molecular flexibility index (Phi) is 1.76. The van der Waals surface area contributed by atoms with E-state index in [4.69, 9.17) is 0 Å². The molecule has 1 saturated heterocycles. The third-order valence-corrected chi connectivity index (χ3v) is 2.00. The highest BCUT2D eigenvalue weighted by atomic mass is 15.2. The molecule has 0 aromatic carbocycles. The molecule has 2 rings (SSSR count). The number of anilines is 1. The third kappa shape index (κ3) is 1.34. The second-order valence-electron chi connectivity index (χ2n) is 2.80. The Morgan fingerprint density at radius 1 is 1.36 bits per heavy atom. The molecule has 1 radical (unpaired) electrons. The molecular weight excluding hydrogens is 136 g/mol. The van der Waals surface area contributed by atoms with E-state index in [1.165, 1.54) is 12.8 Å². The quantitative estimate of drug-likeness (QED) is 0.598. The molecule has 11 heavy (non-hydrogen) atoms. The Hall–Kier alpha value is -1.05. The van der Waals surface area contributed by atoms with Gasteiger partial charge >= 0.3 is 0 Å².